The summed E-state index contributed by atoms with van der Waals surface area (Å²) in [4.78, 5) is 27.4. The molecule has 7 nitrogen and oxygen atoms in total. The van der Waals surface area contributed by atoms with Gasteiger partial charge in [-0.15, -0.1) is 0 Å². The number of methoxy groups -OCH3 is 2. The summed E-state index contributed by atoms with van der Waals surface area (Å²) in [6.45, 7) is 5.01. The number of hydrogen-bond acceptors (Lipinski definition) is 6. The van der Waals surface area contributed by atoms with Gasteiger partial charge in [0.25, 0.3) is 5.91 Å². The van der Waals surface area contributed by atoms with Gasteiger partial charge in [-0.3, -0.25) is 9.69 Å². The molecular formula is C23H25NO6. The Morgan fingerprint density at radius 3 is 2.30 bits per heavy atom. The third-order valence-electron chi connectivity index (χ3n) is 5.51. The largest absolute Gasteiger partial charge is 0.497 e. The highest BCUT2D eigenvalue weighted by molar-refractivity contribution is 6.17. The quantitative estimate of drug-likeness (QED) is 0.557. The molecule has 1 amide bonds. The average Bonchev–Trinajstić information content (AvgIpc) is 2.92. The van der Waals surface area contributed by atoms with E-state index in [0.717, 1.165) is 5.56 Å². The highest BCUT2D eigenvalue weighted by atomic mass is 16.5. The Morgan fingerprint density at radius 2 is 1.73 bits per heavy atom. The van der Waals surface area contributed by atoms with Gasteiger partial charge in [0.1, 0.15) is 11.4 Å². The fourth-order valence-electron chi connectivity index (χ4n) is 3.67. The molecule has 1 heterocycles. The van der Waals surface area contributed by atoms with Gasteiger partial charge in [0, 0.05) is 11.3 Å². The fraction of sp³-hybridized carbons (Fsp3) is 0.304. The van der Waals surface area contributed by atoms with Crippen LogP contribution < -0.4 is 9.64 Å². The van der Waals surface area contributed by atoms with Crippen LogP contribution in [0.3, 0.4) is 0 Å². The van der Waals surface area contributed by atoms with Crippen molar-refractivity contribution in [2.45, 2.75) is 24.7 Å². The molecular weight excluding hydrogens is 386 g/mol. The Kier molecular flexibility index (Phi) is 5.96. The first-order valence-electron chi connectivity index (χ1n) is 9.40. The van der Waals surface area contributed by atoms with Gasteiger partial charge in [-0.05, 0) is 36.8 Å². The summed E-state index contributed by atoms with van der Waals surface area (Å²) in [6.07, 6.45) is 0. The Morgan fingerprint density at radius 1 is 1.10 bits per heavy atom. The first-order chi connectivity index (χ1) is 14.3. The van der Waals surface area contributed by atoms with Crippen LogP contribution in [-0.4, -0.2) is 48.9 Å². The molecule has 1 saturated heterocycles. The summed E-state index contributed by atoms with van der Waals surface area (Å²) in [7, 11) is 2.73. The fourth-order valence-corrected chi connectivity index (χ4v) is 3.67. The molecule has 7 heteroatoms. The van der Waals surface area contributed by atoms with Gasteiger partial charge in [0.15, 0.2) is 0 Å². The van der Waals surface area contributed by atoms with Crippen molar-refractivity contribution in [2.75, 3.05) is 25.7 Å². The Labute approximate surface area is 175 Å². The van der Waals surface area contributed by atoms with Crippen LogP contribution in [-0.2, 0) is 25.7 Å². The van der Waals surface area contributed by atoms with Crippen LogP contribution in [0.5, 0.6) is 5.75 Å². The minimum absolute atomic E-state index is 0.118. The van der Waals surface area contributed by atoms with E-state index in [9.17, 15) is 14.7 Å². The van der Waals surface area contributed by atoms with Crippen LogP contribution in [0.1, 0.15) is 12.5 Å². The third-order valence-corrected chi connectivity index (χ3v) is 5.51. The van der Waals surface area contributed by atoms with E-state index in [0.29, 0.717) is 11.4 Å². The minimum atomic E-state index is -1.92. The lowest BCUT2D eigenvalue weighted by Crippen LogP contribution is -2.66. The van der Waals surface area contributed by atoms with E-state index in [1.165, 1.54) is 26.0 Å². The smallest absolute Gasteiger partial charge is 0.338 e. The molecule has 158 valence electrons. The van der Waals surface area contributed by atoms with Crippen LogP contribution in [0.25, 0.3) is 0 Å². The summed E-state index contributed by atoms with van der Waals surface area (Å²) >= 11 is 0. The molecule has 2 aromatic rings. The van der Waals surface area contributed by atoms with Gasteiger partial charge < -0.3 is 19.3 Å². The Hall–Kier alpha value is -3.16. The predicted molar refractivity (Wildman–Crippen MR) is 111 cm³/mol. The number of carbonyl (C=O) groups is 2. The highest BCUT2D eigenvalue weighted by Crippen LogP contribution is 2.46. The van der Waals surface area contributed by atoms with E-state index in [-0.39, 0.29) is 18.8 Å². The zero-order valence-electron chi connectivity index (χ0n) is 17.3. The van der Waals surface area contributed by atoms with Gasteiger partial charge >= 0.3 is 5.97 Å². The third kappa shape index (κ3) is 3.36. The van der Waals surface area contributed by atoms with Crippen molar-refractivity contribution in [3.63, 3.8) is 0 Å². The van der Waals surface area contributed by atoms with Crippen molar-refractivity contribution in [3.05, 3.63) is 72.3 Å². The molecule has 0 bridgehead atoms. The standard InChI is InChI=1S/C23H25NO6/c1-16-20(25)24(18-10-12-19(28-3)13-11-18)23(21(26)29-4,22(16,2)27)15-30-14-17-8-6-5-7-9-17/h5-13,27H,1,14-15H2,2-4H3/t22-,23-/m0/s1. The lowest BCUT2D eigenvalue weighted by atomic mass is 9.80. The molecule has 0 unspecified atom stereocenters. The lowest BCUT2D eigenvalue weighted by Gasteiger charge is -2.41. The molecule has 2 atom stereocenters. The SMILES string of the molecule is C=C1C(=O)N(c2ccc(OC)cc2)[C@@](COCc2ccccc2)(C(=O)OC)[C@@]1(C)O. The van der Waals surface area contributed by atoms with Crippen molar-refractivity contribution >= 4 is 17.6 Å². The minimum Gasteiger partial charge on any atom is -0.497 e. The molecule has 0 radical (unpaired) electrons. The lowest BCUT2D eigenvalue weighted by molar-refractivity contribution is -0.159. The van der Waals surface area contributed by atoms with Crippen LogP contribution in [0.15, 0.2) is 66.7 Å². The number of carbonyl (C=O) groups excluding carboxylic acids is 2. The average molecular weight is 411 g/mol. The maximum Gasteiger partial charge on any atom is 0.338 e. The van der Waals surface area contributed by atoms with E-state index >= 15 is 0 Å². The molecule has 1 N–H and O–H groups in total. The van der Waals surface area contributed by atoms with Crippen LogP contribution >= 0.6 is 0 Å². The number of aliphatic hydroxyl groups is 1. The monoisotopic (exact) mass is 411 g/mol. The Bertz CT molecular complexity index is 938. The zero-order valence-corrected chi connectivity index (χ0v) is 17.3. The number of esters is 1. The van der Waals surface area contributed by atoms with Crippen molar-refractivity contribution in [1.29, 1.82) is 0 Å². The van der Waals surface area contributed by atoms with Crippen molar-refractivity contribution in [1.82, 2.24) is 0 Å². The molecule has 2 aromatic carbocycles. The van der Waals surface area contributed by atoms with Crippen LogP contribution in [0.4, 0.5) is 5.69 Å². The molecule has 0 spiro atoms. The second-order valence-electron chi connectivity index (χ2n) is 7.22. The first-order valence-corrected chi connectivity index (χ1v) is 9.40. The predicted octanol–water partition coefficient (Wildman–Crippen LogP) is 2.48. The van der Waals surface area contributed by atoms with Crippen LogP contribution in [0.2, 0.25) is 0 Å². The summed E-state index contributed by atoms with van der Waals surface area (Å²) in [6, 6.07) is 15.9. The first kappa shape index (κ1) is 21.5. The van der Waals surface area contributed by atoms with Gasteiger partial charge in [-0.2, -0.15) is 0 Å². The number of nitrogens with zero attached hydrogens (tertiary/aromatic N) is 1. The van der Waals surface area contributed by atoms with E-state index in [4.69, 9.17) is 14.2 Å². The highest BCUT2D eigenvalue weighted by Gasteiger charge is 2.68. The number of rotatable bonds is 7. The van der Waals surface area contributed by atoms with E-state index in [2.05, 4.69) is 6.58 Å². The second-order valence-corrected chi connectivity index (χ2v) is 7.22. The zero-order chi connectivity index (χ0) is 21.9. The van der Waals surface area contributed by atoms with E-state index in [1.54, 1.807) is 24.3 Å². The molecule has 1 fully saturated rings. The van der Waals surface area contributed by atoms with Gasteiger partial charge in [-0.25, -0.2) is 4.79 Å². The van der Waals surface area contributed by atoms with E-state index < -0.39 is 23.0 Å². The van der Waals surface area contributed by atoms with Crippen LogP contribution in [0, 0.1) is 0 Å². The molecule has 0 aromatic heterocycles. The molecule has 1 aliphatic heterocycles. The maximum atomic E-state index is 13.1. The molecule has 1 aliphatic rings. The van der Waals surface area contributed by atoms with Crippen molar-refractivity contribution in [2.24, 2.45) is 0 Å². The molecule has 0 saturated carbocycles. The van der Waals surface area contributed by atoms with Crippen molar-refractivity contribution < 1.29 is 28.9 Å². The summed E-state index contributed by atoms with van der Waals surface area (Å²) in [5.74, 6) is -0.803. The topological polar surface area (TPSA) is 85.3 Å². The second kappa shape index (κ2) is 8.30. The maximum absolute atomic E-state index is 13.1. The number of ether oxygens (including phenoxy) is 3. The van der Waals surface area contributed by atoms with Crippen molar-refractivity contribution in [3.8, 4) is 5.75 Å². The van der Waals surface area contributed by atoms with E-state index in [1.807, 2.05) is 30.3 Å². The molecule has 0 aliphatic carbocycles. The normalized spacial score (nSPS) is 23.5. The summed E-state index contributed by atoms with van der Waals surface area (Å²) < 4.78 is 16.0. The number of anilines is 1. The van der Waals surface area contributed by atoms with Gasteiger partial charge in [0.05, 0.1) is 27.4 Å². The number of amides is 1. The molecule has 30 heavy (non-hydrogen) atoms. The summed E-state index contributed by atoms with van der Waals surface area (Å²) in [5, 5.41) is 11.3. The van der Waals surface area contributed by atoms with Gasteiger partial charge in [0.2, 0.25) is 5.54 Å². The molecule has 3 rings (SSSR count). The summed E-state index contributed by atoms with van der Waals surface area (Å²) in [5.41, 5.74) is -2.62. The number of benzene rings is 2. The Balaban J connectivity index is 2.05. The number of hydrogen-bond donors (Lipinski definition) is 1. The van der Waals surface area contributed by atoms with Gasteiger partial charge in [-0.1, -0.05) is 36.9 Å².